The minimum Gasteiger partial charge on any atom is -0.481 e. The Kier molecular flexibility index (Phi) is 7.57. The Morgan fingerprint density at radius 2 is 2.17 bits per heavy atom. The lowest BCUT2D eigenvalue weighted by molar-refractivity contribution is -0.127. The average Bonchev–Trinajstić information content (AvgIpc) is 2.60. The van der Waals surface area contributed by atoms with Gasteiger partial charge in [-0.25, -0.2) is 0 Å². The molecule has 4 heteroatoms. The molecule has 0 unspecified atom stereocenters. The van der Waals surface area contributed by atoms with Gasteiger partial charge in [0, 0.05) is 19.1 Å². The second kappa shape index (κ2) is 9.67. The van der Waals surface area contributed by atoms with Crippen molar-refractivity contribution in [2.24, 2.45) is 0 Å². The number of nitrogens with zero attached hydrogens (tertiary/aromatic N) is 1. The molecule has 1 saturated heterocycles. The molecule has 1 heterocycles. The number of amides is 1. The number of para-hydroxylation sites is 1. The molecule has 1 aromatic rings. The van der Waals surface area contributed by atoms with Crippen LogP contribution >= 0.6 is 0 Å². The zero-order valence-electron chi connectivity index (χ0n) is 15.4. The van der Waals surface area contributed by atoms with E-state index in [4.69, 9.17) is 4.74 Å². The lowest BCUT2D eigenvalue weighted by Gasteiger charge is -2.35. The van der Waals surface area contributed by atoms with Crippen molar-refractivity contribution >= 4 is 5.91 Å². The van der Waals surface area contributed by atoms with Gasteiger partial charge in [0.05, 0.1) is 0 Å². The van der Waals surface area contributed by atoms with Crippen LogP contribution in [-0.2, 0) is 4.79 Å². The van der Waals surface area contributed by atoms with Crippen molar-refractivity contribution in [1.82, 2.24) is 10.2 Å². The fourth-order valence-electron chi connectivity index (χ4n) is 3.39. The van der Waals surface area contributed by atoms with E-state index in [1.165, 1.54) is 32.2 Å². The van der Waals surface area contributed by atoms with Crippen LogP contribution in [0, 0.1) is 6.92 Å². The van der Waals surface area contributed by atoms with Crippen LogP contribution in [-0.4, -0.2) is 42.6 Å². The van der Waals surface area contributed by atoms with Gasteiger partial charge < -0.3 is 15.0 Å². The first-order valence-electron chi connectivity index (χ1n) is 9.36. The van der Waals surface area contributed by atoms with Crippen molar-refractivity contribution in [3.63, 3.8) is 0 Å². The second-order valence-corrected chi connectivity index (χ2v) is 6.76. The zero-order chi connectivity index (χ0) is 17.4. The maximum Gasteiger partial charge on any atom is 0.260 e. The van der Waals surface area contributed by atoms with Crippen LogP contribution in [0.25, 0.3) is 0 Å². The predicted molar refractivity (Wildman–Crippen MR) is 98.4 cm³/mol. The van der Waals surface area contributed by atoms with Crippen LogP contribution < -0.4 is 10.1 Å². The molecule has 1 N–H and O–H groups in total. The van der Waals surface area contributed by atoms with E-state index in [-0.39, 0.29) is 5.91 Å². The van der Waals surface area contributed by atoms with Gasteiger partial charge in [0.2, 0.25) is 0 Å². The van der Waals surface area contributed by atoms with Crippen molar-refractivity contribution in [2.75, 3.05) is 19.6 Å². The Balaban J connectivity index is 1.68. The summed E-state index contributed by atoms with van der Waals surface area (Å²) in [7, 11) is 0. The summed E-state index contributed by atoms with van der Waals surface area (Å²) in [5.41, 5.74) is 1.05. The number of benzene rings is 1. The molecule has 0 aromatic heterocycles. The highest BCUT2D eigenvalue weighted by molar-refractivity contribution is 5.80. The number of ether oxygens (including phenoxy) is 1. The van der Waals surface area contributed by atoms with E-state index in [1.54, 1.807) is 6.92 Å². The van der Waals surface area contributed by atoms with Gasteiger partial charge in [0.25, 0.3) is 5.91 Å². The van der Waals surface area contributed by atoms with E-state index in [0.29, 0.717) is 6.54 Å². The Morgan fingerprint density at radius 3 is 2.92 bits per heavy atom. The van der Waals surface area contributed by atoms with E-state index in [2.05, 4.69) is 17.1 Å². The number of aryl methyl sites for hydroxylation is 1. The van der Waals surface area contributed by atoms with Gasteiger partial charge in [-0.1, -0.05) is 31.5 Å². The molecule has 1 amide bonds. The fraction of sp³-hybridized carbons (Fsp3) is 0.650. The molecule has 4 nitrogen and oxygen atoms in total. The maximum atomic E-state index is 12.2. The highest BCUT2D eigenvalue weighted by Crippen LogP contribution is 2.19. The zero-order valence-corrected chi connectivity index (χ0v) is 15.4. The van der Waals surface area contributed by atoms with Crippen molar-refractivity contribution in [2.45, 2.75) is 65.0 Å². The summed E-state index contributed by atoms with van der Waals surface area (Å²) in [6.07, 6.45) is 5.75. The standard InChI is InChI=1S/C20H32N2O2/c1-4-18-11-7-8-14-22(18)15-9-13-21-20(23)17(3)24-19-12-6-5-10-16(19)2/h5-6,10,12,17-18H,4,7-9,11,13-15H2,1-3H3,(H,21,23)/t17-,18-/m1/s1. The maximum absolute atomic E-state index is 12.2. The summed E-state index contributed by atoms with van der Waals surface area (Å²) in [6, 6.07) is 8.52. The molecule has 134 valence electrons. The molecular formula is C20H32N2O2. The Bertz CT molecular complexity index is 518. The van der Waals surface area contributed by atoms with Gasteiger partial charge in [-0.05, 0) is 57.7 Å². The summed E-state index contributed by atoms with van der Waals surface area (Å²) in [5.74, 6) is 0.739. The predicted octanol–water partition coefficient (Wildman–Crippen LogP) is 3.53. The van der Waals surface area contributed by atoms with E-state index in [9.17, 15) is 4.79 Å². The molecule has 2 rings (SSSR count). The van der Waals surface area contributed by atoms with Gasteiger partial charge in [0.1, 0.15) is 5.75 Å². The van der Waals surface area contributed by atoms with E-state index in [0.717, 1.165) is 30.3 Å². The molecular weight excluding hydrogens is 300 g/mol. The number of carbonyl (C=O) groups is 1. The topological polar surface area (TPSA) is 41.6 Å². The number of piperidine rings is 1. The van der Waals surface area contributed by atoms with E-state index >= 15 is 0 Å². The third kappa shape index (κ3) is 5.52. The van der Waals surface area contributed by atoms with Crippen LogP contribution in [0.1, 0.15) is 51.5 Å². The molecule has 0 radical (unpaired) electrons. The molecule has 0 aliphatic carbocycles. The number of nitrogens with one attached hydrogen (secondary N) is 1. The molecule has 1 fully saturated rings. The van der Waals surface area contributed by atoms with Gasteiger partial charge in [-0.2, -0.15) is 0 Å². The van der Waals surface area contributed by atoms with Crippen LogP contribution in [0.15, 0.2) is 24.3 Å². The number of hydrogen-bond acceptors (Lipinski definition) is 3. The van der Waals surface area contributed by atoms with E-state index in [1.807, 2.05) is 31.2 Å². The lowest BCUT2D eigenvalue weighted by atomic mass is 10.00. The quantitative estimate of drug-likeness (QED) is 0.741. The van der Waals surface area contributed by atoms with Crippen LogP contribution in [0.2, 0.25) is 0 Å². The van der Waals surface area contributed by atoms with E-state index < -0.39 is 6.10 Å². The van der Waals surface area contributed by atoms with Gasteiger partial charge in [-0.15, -0.1) is 0 Å². The number of carbonyl (C=O) groups excluding carboxylic acids is 1. The minimum atomic E-state index is -0.468. The summed E-state index contributed by atoms with van der Waals surface area (Å²) in [5, 5.41) is 3.00. The number of rotatable bonds is 8. The molecule has 1 aliphatic rings. The number of likely N-dealkylation sites (tertiary alicyclic amines) is 1. The van der Waals surface area contributed by atoms with Gasteiger partial charge in [0.15, 0.2) is 6.10 Å². The minimum absolute atomic E-state index is 0.0380. The first-order chi connectivity index (χ1) is 11.6. The lowest BCUT2D eigenvalue weighted by Crippen LogP contribution is -2.41. The first-order valence-corrected chi connectivity index (χ1v) is 9.36. The van der Waals surface area contributed by atoms with Crippen LogP contribution in [0.4, 0.5) is 0 Å². The SMILES string of the molecule is CC[C@@H]1CCCCN1CCCNC(=O)[C@@H](C)Oc1ccccc1C. The molecule has 24 heavy (non-hydrogen) atoms. The van der Waals surface area contributed by atoms with Crippen molar-refractivity contribution in [3.05, 3.63) is 29.8 Å². The monoisotopic (exact) mass is 332 g/mol. The Hall–Kier alpha value is -1.55. The summed E-state index contributed by atoms with van der Waals surface area (Å²) < 4.78 is 5.77. The number of hydrogen-bond donors (Lipinski definition) is 1. The highest BCUT2D eigenvalue weighted by Gasteiger charge is 2.20. The molecule has 2 atom stereocenters. The molecule has 1 aromatic carbocycles. The molecule has 0 bridgehead atoms. The van der Waals surface area contributed by atoms with Crippen molar-refractivity contribution in [1.29, 1.82) is 0 Å². The first kappa shape index (κ1) is 18.8. The average molecular weight is 332 g/mol. The third-order valence-electron chi connectivity index (χ3n) is 4.91. The highest BCUT2D eigenvalue weighted by atomic mass is 16.5. The molecule has 0 saturated carbocycles. The van der Waals surface area contributed by atoms with Crippen LogP contribution in [0.3, 0.4) is 0 Å². The summed E-state index contributed by atoms with van der Waals surface area (Å²) >= 11 is 0. The Labute approximate surface area is 146 Å². The summed E-state index contributed by atoms with van der Waals surface area (Å²) in [4.78, 5) is 14.8. The summed E-state index contributed by atoms with van der Waals surface area (Å²) in [6.45, 7) is 9.07. The van der Waals surface area contributed by atoms with Crippen molar-refractivity contribution < 1.29 is 9.53 Å². The largest absolute Gasteiger partial charge is 0.481 e. The third-order valence-corrected chi connectivity index (χ3v) is 4.91. The molecule has 0 spiro atoms. The second-order valence-electron chi connectivity index (χ2n) is 6.76. The van der Waals surface area contributed by atoms with Gasteiger partial charge >= 0.3 is 0 Å². The van der Waals surface area contributed by atoms with Crippen LogP contribution in [0.5, 0.6) is 5.75 Å². The fourth-order valence-corrected chi connectivity index (χ4v) is 3.39. The Morgan fingerprint density at radius 1 is 1.38 bits per heavy atom. The normalized spacial score (nSPS) is 19.7. The van der Waals surface area contributed by atoms with Gasteiger partial charge in [-0.3, -0.25) is 4.79 Å². The smallest absolute Gasteiger partial charge is 0.260 e. The molecule has 1 aliphatic heterocycles. The van der Waals surface area contributed by atoms with Crippen molar-refractivity contribution in [3.8, 4) is 5.75 Å².